The summed E-state index contributed by atoms with van der Waals surface area (Å²) >= 11 is 0. The Kier molecular flexibility index (Phi) is 2.65. The zero-order chi connectivity index (χ0) is 9.10. The normalized spacial score (nSPS) is 16.5. The fourth-order valence-electron chi connectivity index (χ4n) is 1.62. The molecule has 1 aliphatic carbocycles. The van der Waals surface area contributed by atoms with E-state index in [4.69, 9.17) is 0 Å². The Balaban J connectivity index is 1.95. The second kappa shape index (κ2) is 3.93. The highest BCUT2D eigenvalue weighted by atomic mass is 15.2. The molecule has 1 radical (unpaired) electrons. The van der Waals surface area contributed by atoms with Crippen molar-refractivity contribution in [2.75, 3.05) is 6.54 Å². The van der Waals surface area contributed by atoms with Crippen molar-refractivity contribution < 1.29 is 0 Å². The third kappa shape index (κ3) is 2.31. The van der Waals surface area contributed by atoms with Crippen molar-refractivity contribution in [2.24, 2.45) is 0 Å². The molecule has 0 aliphatic heterocycles. The molecule has 0 N–H and O–H groups in total. The van der Waals surface area contributed by atoms with E-state index in [0.717, 1.165) is 13.1 Å². The topological polar surface area (TPSA) is 3.24 Å². The molecule has 0 aromatic heterocycles. The van der Waals surface area contributed by atoms with Gasteiger partial charge in [0.15, 0.2) is 0 Å². The smallest absolute Gasteiger partial charge is 0.0398 e. The van der Waals surface area contributed by atoms with E-state index in [9.17, 15) is 0 Å². The van der Waals surface area contributed by atoms with Crippen LogP contribution in [0.25, 0.3) is 0 Å². The molecule has 1 aromatic carbocycles. The van der Waals surface area contributed by atoms with Crippen LogP contribution in [0.4, 0.5) is 0 Å². The van der Waals surface area contributed by atoms with Gasteiger partial charge in [0.1, 0.15) is 0 Å². The summed E-state index contributed by atoms with van der Waals surface area (Å²) in [6, 6.07) is 12.3. The lowest BCUT2D eigenvalue weighted by atomic mass is 10.2. The number of hydrogen-bond donors (Lipinski definition) is 0. The maximum atomic E-state index is 2.48. The van der Waals surface area contributed by atoms with Crippen LogP contribution in [0.15, 0.2) is 30.3 Å². The Bertz CT molecular complexity index is 251. The summed E-state index contributed by atoms with van der Waals surface area (Å²) < 4.78 is 0. The molecule has 1 nitrogen and oxygen atoms in total. The van der Waals surface area contributed by atoms with Gasteiger partial charge in [-0.2, -0.15) is 0 Å². The molecular formula is C12H16N. The highest BCUT2D eigenvalue weighted by Crippen LogP contribution is 2.36. The molecule has 0 heterocycles. The minimum absolute atomic E-state index is 1.09. The Hall–Kier alpha value is -0.820. The Morgan fingerprint density at radius 1 is 1.15 bits per heavy atom. The van der Waals surface area contributed by atoms with E-state index in [1.165, 1.54) is 18.4 Å². The monoisotopic (exact) mass is 174 g/mol. The van der Waals surface area contributed by atoms with E-state index in [-0.39, 0.29) is 0 Å². The van der Waals surface area contributed by atoms with E-state index < -0.39 is 0 Å². The Morgan fingerprint density at radius 2 is 1.85 bits per heavy atom. The molecule has 69 valence electrons. The maximum absolute atomic E-state index is 2.48. The van der Waals surface area contributed by atoms with Gasteiger partial charge in [-0.15, -0.1) is 0 Å². The average Bonchev–Trinajstić information content (AvgIpc) is 2.99. The summed E-state index contributed by atoms with van der Waals surface area (Å²) in [7, 11) is 0. The quantitative estimate of drug-likeness (QED) is 0.678. The zero-order valence-corrected chi connectivity index (χ0v) is 8.16. The lowest BCUT2D eigenvalue weighted by Gasteiger charge is -2.18. The molecule has 0 unspecified atom stereocenters. The van der Waals surface area contributed by atoms with Crippen molar-refractivity contribution in [3.63, 3.8) is 0 Å². The minimum Gasteiger partial charge on any atom is -0.292 e. The molecule has 13 heavy (non-hydrogen) atoms. The van der Waals surface area contributed by atoms with Gasteiger partial charge in [-0.25, -0.2) is 0 Å². The number of rotatable bonds is 4. The van der Waals surface area contributed by atoms with Crippen LogP contribution < -0.4 is 0 Å². The van der Waals surface area contributed by atoms with Crippen molar-refractivity contribution >= 4 is 0 Å². The SMILES string of the molecule is CCN(Cc1ccccc1)[C]1CC1. The molecule has 0 saturated heterocycles. The standard InChI is InChI=1S/C12H16N/c1-2-13(12-8-9-12)10-11-6-4-3-5-7-11/h3-7H,2,8-10H2,1H3. The van der Waals surface area contributed by atoms with Gasteiger partial charge in [0, 0.05) is 12.6 Å². The molecule has 0 bridgehead atoms. The third-order valence-corrected chi connectivity index (χ3v) is 2.52. The molecule has 1 saturated carbocycles. The van der Waals surface area contributed by atoms with Crippen LogP contribution in [-0.4, -0.2) is 11.4 Å². The fraction of sp³-hybridized carbons (Fsp3) is 0.417. The van der Waals surface area contributed by atoms with Gasteiger partial charge in [-0.3, -0.25) is 4.90 Å². The maximum Gasteiger partial charge on any atom is 0.0398 e. The molecule has 1 fully saturated rings. The molecule has 0 spiro atoms. The Labute approximate surface area is 80.4 Å². The van der Waals surface area contributed by atoms with Crippen LogP contribution in [0.3, 0.4) is 0 Å². The van der Waals surface area contributed by atoms with Crippen molar-refractivity contribution in [2.45, 2.75) is 26.3 Å². The third-order valence-electron chi connectivity index (χ3n) is 2.52. The predicted molar refractivity (Wildman–Crippen MR) is 55.0 cm³/mol. The first-order valence-electron chi connectivity index (χ1n) is 5.03. The largest absolute Gasteiger partial charge is 0.292 e. The van der Waals surface area contributed by atoms with E-state index in [1.54, 1.807) is 6.04 Å². The van der Waals surface area contributed by atoms with Crippen molar-refractivity contribution in [1.29, 1.82) is 0 Å². The molecule has 0 atom stereocenters. The minimum atomic E-state index is 1.09. The molecule has 1 aliphatic rings. The van der Waals surface area contributed by atoms with Gasteiger partial charge < -0.3 is 0 Å². The van der Waals surface area contributed by atoms with Crippen molar-refractivity contribution in [3.8, 4) is 0 Å². The van der Waals surface area contributed by atoms with Crippen LogP contribution in [-0.2, 0) is 6.54 Å². The molecule has 1 aromatic rings. The number of benzene rings is 1. The molecule has 1 heteroatoms. The summed E-state index contributed by atoms with van der Waals surface area (Å²) in [5.41, 5.74) is 1.42. The Morgan fingerprint density at radius 3 is 2.38 bits per heavy atom. The fourth-order valence-corrected chi connectivity index (χ4v) is 1.62. The van der Waals surface area contributed by atoms with Crippen LogP contribution in [0.5, 0.6) is 0 Å². The average molecular weight is 174 g/mol. The second-order valence-corrected chi connectivity index (χ2v) is 3.57. The second-order valence-electron chi connectivity index (χ2n) is 3.57. The van der Waals surface area contributed by atoms with Crippen molar-refractivity contribution in [1.82, 2.24) is 4.90 Å². The first-order valence-corrected chi connectivity index (χ1v) is 5.03. The summed E-state index contributed by atoms with van der Waals surface area (Å²) in [4.78, 5) is 2.48. The lowest BCUT2D eigenvalue weighted by Crippen LogP contribution is -2.20. The predicted octanol–water partition coefficient (Wildman–Crippen LogP) is 2.83. The van der Waals surface area contributed by atoms with Gasteiger partial charge in [0.05, 0.1) is 0 Å². The highest BCUT2D eigenvalue weighted by Gasteiger charge is 2.28. The van der Waals surface area contributed by atoms with Gasteiger partial charge in [0.25, 0.3) is 0 Å². The van der Waals surface area contributed by atoms with E-state index in [0.29, 0.717) is 0 Å². The molecule has 2 rings (SSSR count). The molecular weight excluding hydrogens is 158 g/mol. The summed E-state index contributed by atoms with van der Waals surface area (Å²) in [6.45, 7) is 4.46. The highest BCUT2D eigenvalue weighted by molar-refractivity contribution is 5.16. The molecule has 0 amide bonds. The summed E-state index contributed by atoms with van der Waals surface area (Å²) in [5.74, 6) is 0. The van der Waals surface area contributed by atoms with E-state index in [2.05, 4.69) is 42.2 Å². The van der Waals surface area contributed by atoms with Gasteiger partial charge in [-0.05, 0) is 24.9 Å². The van der Waals surface area contributed by atoms with Crippen LogP contribution >= 0.6 is 0 Å². The summed E-state index contributed by atoms with van der Waals surface area (Å²) in [5, 5.41) is 0. The van der Waals surface area contributed by atoms with Crippen LogP contribution in [0.1, 0.15) is 25.3 Å². The van der Waals surface area contributed by atoms with E-state index in [1.807, 2.05) is 0 Å². The van der Waals surface area contributed by atoms with E-state index >= 15 is 0 Å². The summed E-state index contributed by atoms with van der Waals surface area (Å²) in [6.07, 6.45) is 2.64. The van der Waals surface area contributed by atoms with Crippen molar-refractivity contribution in [3.05, 3.63) is 41.9 Å². The van der Waals surface area contributed by atoms with Gasteiger partial charge in [-0.1, -0.05) is 37.3 Å². The van der Waals surface area contributed by atoms with Crippen LogP contribution in [0, 0.1) is 6.04 Å². The number of nitrogens with zero attached hydrogens (tertiary/aromatic N) is 1. The zero-order valence-electron chi connectivity index (χ0n) is 8.16. The van der Waals surface area contributed by atoms with Crippen LogP contribution in [0.2, 0.25) is 0 Å². The first kappa shape index (κ1) is 8.76. The number of hydrogen-bond acceptors (Lipinski definition) is 1. The lowest BCUT2D eigenvalue weighted by molar-refractivity contribution is 0.332. The van der Waals surface area contributed by atoms with Gasteiger partial charge >= 0.3 is 0 Å². The first-order chi connectivity index (χ1) is 6.40. The van der Waals surface area contributed by atoms with Gasteiger partial charge in [0.2, 0.25) is 0 Å².